The topological polar surface area (TPSA) is 50.3 Å². The zero-order chi connectivity index (χ0) is 18.5. The number of fused-ring (bicyclic) bond motifs is 1. The summed E-state index contributed by atoms with van der Waals surface area (Å²) in [5.74, 6) is 0.139. The van der Waals surface area contributed by atoms with Crippen LogP contribution in [0.4, 0.5) is 10.1 Å². The van der Waals surface area contributed by atoms with Crippen LogP contribution in [-0.2, 0) is 6.54 Å². The molecule has 0 atom stereocenters. The number of likely N-dealkylation sites (N-methyl/N-ethyl adjacent to an activating group) is 1. The lowest BCUT2D eigenvalue weighted by molar-refractivity contribution is 0.253. The van der Waals surface area contributed by atoms with Gasteiger partial charge in [0.05, 0.1) is 10.7 Å². The molecule has 0 radical (unpaired) electrons. The highest BCUT2D eigenvalue weighted by molar-refractivity contribution is 6.35. The Labute approximate surface area is 156 Å². The molecule has 0 fully saturated rings. The molecule has 0 saturated carbocycles. The Morgan fingerprint density at radius 2 is 1.96 bits per heavy atom. The van der Waals surface area contributed by atoms with Crippen molar-refractivity contribution in [3.05, 3.63) is 59.1 Å². The van der Waals surface area contributed by atoms with E-state index in [1.165, 1.54) is 6.20 Å². The lowest BCUT2D eigenvalue weighted by Gasteiger charge is -2.12. The molecule has 0 aliphatic rings. The highest BCUT2D eigenvalue weighted by atomic mass is 35.5. The van der Waals surface area contributed by atoms with Crippen LogP contribution in [0.15, 0.2) is 42.7 Å². The van der Waals surface area contributed by atoms with Gasteiger partial charge in [0.15, 0.2) is 5.82 Å². The Balaban J connectivity index is 1.69. The van der Waals surface area contributed by atoms with Crippen LogP contribution in [0.3, 0.4) is 0 Å². The van der Waals surface area contributed by atoms with Crippen molar-refractivity contribution in [1.82, 2.24) is 14.9 Å². The van der Waals surface area contributed by atoms with Crippen molar-refractivity contribution >= 4 is 28.2 Å². The summed E-state index contributed by atoms with van der Waals surface area (Å²) < 4.78 is 20.3. The number of nitrogens with zero attached hydrogens (tertiary/aromatic N) is 3. The predicted molar refractivity (Wildman–Crippen MR) is 102 cm³/mol. The Bertz CT molecular complexity index is 904. The van der Waals surface area contributed by atoms with Gasteiger partial charge in [-0.3, -0.25) is 4.98 Å². The Morgan fingerprint density at radius 1 is 1.15 bits per heavy atom. The van der Waals surface area contributed by atoms with E-state index in [0.717, 1.165) is 12.1 Å². The first-order valence-electron chi connectivity index (χ1n) is 8.23. The van der Waals surface area contributed by atoms with Gasteiger partial charge in [-0.15, -0.1) is 0 Å². The monoisotopic (exact) mass is 374 g/mol. The van der Waals surface area contributed by atoms with Crippen LogP contribution in [0, 0.1) is 5.82 Å². The maximum Gasteiger partial charge on any atom is 0.213 e. The van der Waals surface area contributed by atoms with E-state index < -0.39 is 5.82 Å². The van der Waals surface area contributed by atoms with Crippen LogP contribution in [0.25, 0.3) is 10.9 Å². The number of nitrogens with one attached hydrogen (secondary N) is 1. The normalized spacial score (nSPS) is 11.1. The van der Waals surface area contributed by atoms with Crippen LogP contribution in [0.2, 0.25) is 5.02 Å². The number of pyridine rings is 2. The molecular weight excluding hydrogens is 355 g/mol. The average Bonchev–Trinajstić information content (AvgIpc) is 2.62. The number of aromatic nitrogens is 2. The highest BCUT2D eigenvalue weighted by Gasteiger charge is 2.10. The summed E-state index contributed by atoms with van der Waals surface area (Å²) >= 11 is 6.08. The average molecular weight is 375 g/mol. The van der Waals surface area contributed by atoms with E-state index in [-0.39, 0.29) is 5.52 Å². The first kappa shape index (κ1) is 18.4. The minimum absolute atomic E-state index is 0.255. The van der Waals surface area contributed by atoms with E-state index in [1.807, 2.05) is 31.1 Å². The third-order valence-electron chi connectivity index (χ3n) is 3.87. The Kier molecular flexibility index (Phi) is 5.85. The largest absolute Gasteiger partial charge is 0.476 e. The van der Waals surface area contributed by atoms with Gasteiger partial charge < -0.3 is 15.0 Å². The summed E-state index contributed by atoms with van der Waals surface area (Å²) in [6, 6.07) is 8.78. The van der Waals surface area contributed by atoms with E-state index in [0.29, 0.717) is 35.1 Å². The molecule has 1 aromatic carbocycles. The van der Waals surface area contributed by atoms with Gasteiger partial charge in [-0.1, -0.05) is 11.6 Å². The molecule has 136 valence electrons. The van der Waals surface area contributed by atoms with Crippen molar-refractivity contribution in [2.75, 3.05) is 32.6 Å². The number of anilines is 1. The van der Waals surface area contributed by atoms with Crippen molar-refractivity contribution in [3.8, 4) is 5.88 Å². The minimum Gasteiger partial charge on any atom is -0.476 e. The molecule has 0 bridgehead atoms. The quantitative estimate of drug-likeness (QED) is 0.678. The van der Waals surface area contributed by atoms with E-state index >= 15 is 0 Å². The highest BCUT2D eigenvalue weighted by Crippen LogP contribution is 2.28. The fourth-order valence-corrected chi connectivity index (χ4v) is 2.67. The van der Waals surface area contributed by atoms with Gasteiger partial charge in [-0.05, 0) is 43.9 Å². The maximum absolute atomic E-state index is 14.6. The molecule has 26 heavy (non-hydrogen) atoms. The summed E-state index contributed by atoms with van der Waals surface area (Å²) in [7, 11) is 3.97. The van der Waals surface area contributed by atoms with Gasteiger partial charge in [-0.2, -0.15) is 0 Å². The van der Waals surface area contributed by atoms with Gasteiger partial charge in [0, 0.05) is 36.9 Å². The van der Waals surface area contributed by atoms with Crippen LogP contribution in [0.5, 0.6) is 5.88 Å². The van der Waals surface area contributed by atoms with Crippen molar-refractivity contribution in [3.63, 3.8) is 0 Å². The van der Waals surface area contributed by atoms with Gasteiger partial charge in [-0.25, -0.2) is 9.37 Å². The lowest BCUT2D eigenvalue weighted by Crippen LogP contribution is -2.19. The Hall–Kier alpha value is -2.44. The zero-order valence-corrected chi connectivity index (χ0v) is 15.4. The molecule has 3 rings (SSSR count). The summed E-state index contributed by atoms with van der Waals surface area (Å²) in [5, 5.41) is 4.17. The first-order chi connectivity index (χ1) is 12.5. The van der Waals surface area contributed by atoms with E-state index in [2.05, 4.69) is 15.3 Å². The molecule has 0 aliphatic heterocycles. The summed E-state index contributed by atoms with van der Waals surface area (Å²) in [6.07, 6.45) is 3.18. The van der Waals surface area contributed by atoms with Crippen molar-refractivity contribution < 1.29 is 9.13 Å². The number of rotatable bonds is 7. The molecule has 3 aromatic rings. The fraction of sp³-hybridized carbons (Fsp3) is 0.263. The van der Waals surface area contributed by atoms with Crippen LogP contribution >= 0.6 is 11.6 Å². The molecular formula is C19H20ClFN4O. The zero-order valence-electron chi connectivity index (χ0n) is 14.7. The minimum atomic E-state index is -0.415. The molecule has 2 aromatic heterocycles. The molecule has 0 unspecified atom stereocenters. The van der Waals surface area contributed by atoms with Crippen LogP contribution in [-0.4, -0.2) is 42.1 Å². The van der Waals surface area contributed by atoms with Gasteiger partial charge in [0.1, 0.15) is 12.1 Å². The Morgan fingerprint density at radius 3 is 2.77 bits per heavy atom. The maximum atomic E-state index is 14.6. The summed E-state index contributed by atoms with van der Waals surface area (Å²) in [6.45, 7) is 1.81. The van der Waals surface area contributed by atoms with Crippen LogP contribution in [0.1, 0.15) is 5.56 Å². The summed E-state index contributed by atoms with van der Waals surface area (Å²) in [5.41, 5.74) is 1.57. The van der Waals surface area contributed by atoms with Gasteiger partial charge in [0.25, 0.3) is 0 Å². The number of benzene rings is 1. The third-order valence-corrected chi connectivity index (χ3v) is 4.20. The van der Waals surface area contributed by atoms with Crippen molar-refractivity contribution in [2.45, 2.75) is 6.54 Å². The lowest BCUT2D eigenvalue weighted by atomic mass is 10.2. The van der Waals surface area contributed by atoms with Crippen LogP contribution < -0.4 is 10.1 Å². The van der Waals surface area contributed by atoms with Crippen molar-refractivity contribution in [1.29, 1.82) is 0 Å². The molecule has 1 N–H and O–H groups in total. The van der Waals surface area contributed by atoms with E-state index in [1.54, 1.807) is 24.4 Å². The van der Waals surface area contributed by atoms with Gasteiger partial charge in [0.2, 0.25) is 5.88 Å². The SMILES string of the molecule is CN(C)CCOc1cc(CNc2ccc3c(Cl)ccnc3c2F)ccn1. The first-order valence-corrected chi connectivity index (χ1v) is 8.61. The standard InChI is InChI=1S/C19H20ClFN4O/c1-25(2)9-10-26-17-11-13(5-7-22-17)12-24-16-4-3-14-15(20)6-8-23-19(14)18(16)21/h3-8,11,24H,9-10,12H2,1-2H3. The molecule has 5 nitrogen and oxygen atoms in total. The molecule has 0 aliphatic carbocycles. The molecule has 0 amide bonds. The smallest absolute Gasteiger partial charge is 0.213 e. The fourth-order valence-electron chi connectivity index (χ4n) is 2.46. The second-order valence-electron chi connectivity index (χ2n) is 6.12. The van der Waals surface area contributed by atoms with Crippen molar-refractivity contribution in [2.24, 2.45) is 0 Å². The second-order valence-corrected chi connectivity index (χ2v) is 6.53. The molecule has 0 saturated heterocycles. The van der Waals surface area contributed by atoms with E-state index in [4.69, 9.17) is 16.3 Å². The molecule has 0 spiro atoms. The number of halogens is 2. The summed E-state index contributed by atoms with van der Waals surface area (Å²) in [4.78, 5) is 10.3. The number of hydrogen-bond acceptors (Lipinski definition) is 5. The second kappa shape index (κ2) is 8.29. The van der Waals surface area contributed by atoms with Gasteiger partial charge >= 0.3 is 0 Å². The van der Waals surface area contributed by atoms with E-state index in [9.17, 15) is 4.39 Å². The number of hydrogen-bond donors (Lipinski definition) is 1. The predicted octanol–water partition coefficient (Wildman–Crippen LogP) is 3.97. The number of ether oxygens (including phenoxy) is 1. The molecule has 2 heterocycles. The molecule has 7 heteroatoms. The third kappa shape index (κ3) is 4.39.